The Morgan fingerprint density at radius 3 is 2.42 bits per heavy atom. The molecule has 31 heavy (non-hydrogen) atoms. The van der Waals surface area contributed by atoms with Gasteiger partial charge in [-0.3, -0.25) is 4.79 Å². The van der Waals surface area contributed by atoms with E-state index in [2.05, 4.69) is 20.4 Å². The van der Waals surface area contributed by atoms with Crippen molar-refractivity contribution < 1.29 is 17.9 Å². The van der Waals surface area contributed by atoms with E-state index < -0.39 is 15.9 Å². The Labute approximate surface area is 179 Å². The largest absolute Gasteiger partial charge is 0.379 e. The van der Waals surface area contributed by atoms with Crippen molar-refractivity contribution in [1.29, 1.82) is 0 Å². The lowest BCUT2D eigenvalue weighted by Crippen LogP contribution is -2.40. The van der Waals surface area contributed by atoms with Crippen molar-refractivity contribution in [3.63, 3.8) is 0 Å². The van der Waals surface area contributed by atoms with Crippen LogP contribution in [0.3, 0.4) is 0 Å². The molecule has 0 atom stereocenters. The molecule has 0 unspecified atom stereocenters. The molecule has 2 aromatic heterocycles. The fraction of sp³-hybridized carbons (Fsp3) is 0.300. The molecule has 1 aliphatic heterocycles. The van der Waals surface area contributed by atoms with Crippen molar-refractivity contribution in [3.8, 4) is 5.82 Å². The zero-order valence-corrected chi connectivity index (χ0v) is 18.0. The number of nitrogens with zero attached hydrogens (tertiary/aromatic N) is 5. The third-order valence-electron chi connectivity index (χ3n) is 4.85. The summed E-state index contributed by atoms with van der Waals surface area (Å²) in [5, 5.41) is 7.08. The van der Waals surface area contributed by atoms with Crippen LogP contribution in [0.25, 0.3) is 5.82 Å². The first-order valence-corrected chi connectivity index (χ1v) is 11.1. The Morgan fingerprint density at radius 2 is 1.77 bits per heavy atom. The van der Waals surface area contributed by atoms with Crippen molar-refractivity contribution in [1.82, 2.24) is 24.1 Å². The van der Waals surface area contributed by atoms with Gasteiger partial charge in [0.25, 0.3) is 5.91 Å². The van der Waals surface area contributed by atoms with E-state index in [-0.39, 0.29) is 4.90 Å². The van der Waals surface area contributed by atoms with Gasteiger partial charge in [-0.2, -0.15) is 9.40 Å². The van der Waals surface area contributed by atoms with Crippen LogP contribution < -0.4 is 5.32 Å². The first kappa shape index (κ1) is 21.1. The van der Waals surface area contributed by atoms with Crippen LogP contribution in [0, 0.1) is 13.8 Å². The number of amides is 1. The Bertz CT molecular complexity index is 1200. The molecule has 0 radical (unpaired) electrons. The lowest BCUT2D eigenvalue weighted by molar-refractivity contribution is 0.0730. The lowest BCUT2D eigenvalue weighted by Gasteiger charge is -2.26. The van der Waals surface area contributed by atoms with Crippen LogP contribution in [0.4, 0.5) is 5.82 Å². The fourth-order valence-electron chi connectivity index (χ4n) is 3.29. The van der Waals surface area contributed by atoms with Crippen LogP contribution in [0.5, 0.6) is 0 Å². The maximum Gasteiger partial charge on any atom is 0.256 e. The van der Waals surface area contributed by atoms with Crippen LogP contribution >= 0.6 is 0 Å². The maximum absolute atomic E-state index is 12.7. The predicted molar refractivity (Wildman–Crippen MR) is 113 cm³/mol. The van der Waals surface area contributed by atoms with Crippen LogP contribution in [0.15, 0.2) is 47.6 Å². The van der Waals surface area contributed by atoms with Crippen LogP contribution in [0.2, 0.25) is 0 Å². The smallest absolute Gasteiger partial charge is 0.256 e. The minimum atomic E-state index is -3.61. The number of hydrogen-bond donors (Lipinski definition) is 1. The van der Waals surface area contributed by atoms with E-state index in [9.17, 15) is 13.2 Å². The molecule has 3 aromatic rings. The summed E-state index contributed by atoms with van der Waals surface area (Å²) in [6.45, 7) is 5.17. The topological polar surface area (TPSA) is 119 Å². The van der Waals surface area contributed by atoms with Gasteiger partial charge < -0.3 is 10.1 Å². The number of anilines is 1. The van der Waals surface area contributed by atoms with Gasteiger partial charge >= 0.3 is 0 Å². The van der Waals surface area contributed by atoms with E-state index in [4.69, 9.17) is 4.74 Å². The van der Waals surface area contributed by atoms with Gasteiger partial charge in [0.05, 0.1) is 23.8 Å². The number of aryl methyl sites for hydroxylation is 2. The number of sulfonamides is 1. The van der Waals surface area contributed by atoms with Crippen LogP contribution in [-0.2, 0) is 14.8 Å². The highest BCUT2D eigenvalue weighted by atomic mass is 32.2. The SMILES string of the molecule is Cc1cc(C)n(-c2cc(NC(=O)c3ccc(S(=O)(=O)N4CCOCC4)cc3)ncn2)n1. The van der Waals surface area contributed by atoms with Gasteiger partial charge in [-0.25, -0.2) is 23.1 Å². The molecule has 1 amide bonds. The van der Waals surface area contributed by atoms with Gasteiger partial charge in [0.2, 0.25) is 10.0 Å². The molecular weight excluding hydrogens is 420 g/mol. The number of nitrogens with one attached hydrogen (secondary N) is 1. The maximum atomic E-state index is 12.7. The highest BCUT2D eigenvalue weighted by molar-refractivity contribution is 7.89. The minimum absolute atomic E-state index is 0.139. The van der Waals surface area contributed by atoms with E-state index in [1.54, 1.807) is 10.7 Å². The summed E-state index contributed by atoms with van der Waals surface area (Å²) in [5.41, 5.74) is 2.08. The molecule has 1 aliphatic rings. The summed E-state index contributed by atoms with van der Waals surface area (Å²) in [7, 11) is -3.61. The standard InChI is InChI=1S/C20H22N6O4S/c1-14-11-15(2)26(24-14)19-12-18(21-13-22-19)23-20(27)16-3-5-17(6-4-16)31(28,29)25-7-9-30-10-8-25/h3-6,11-13H,7-10H2,1-2H3,(H,21,22,23,27). The summed E-state index contributed by atoms with van der Waals surface area (Å²) in [4.78, 5) is 21.1. The van der Waals surface area contributed by atoms with E-state index in [1.807, 2.05) is 19.9 Å². The Kier molecular flexibility index (Phi) is 5.81. The number of ether oxygens (including phenoxy) is 1. The molecule has 1 fully saturated rings. The normalized spacial score (nSPS) is 15.0. The number of aromatic nitrogens is 4. The van der Waals surface area contributed by atoms with Gasteiger partial charge in [0.15, 0.2) is 5.82 Å². The van der Waals surface area contributed by atoms with E-state index in [1.165, 1.54) is 34.9 Å². The molecule has 1 N–H and O–H groups in total. The summed E-state index contributed by atoms with van der Waals surface area (Å²) in [5.74, 6) is 0.434. The van der Waals surface area contributed by atoms with Gasteiger partial charge in [0.1, 0.15) is 12.1 Å². The third kappa shape index (κ3) is 4.48. The zero-order chi connectivity index (χ0) is 22.0. The first-order chi connectivity index (χ1) is 14.8. The highest BCUT2D eigenvalue weighted by Crippen LogP contribution is 2.19. The van der Waals surface area contributed by atoms with Crippen molar-refractivity contribution in [2.75, 3.05) is 31.6 Å². The van der Waals surface area contributed by atoms with Gasteiger partial charge in [0, 0.05) is 30.4 Å². The minimum Gasteiger partial charge on any atom is -0.379 e. The average Bonchev–Trinajstić information content (AvgIpc) is 3.12. The highest BCUT2D eigenvalue weighted by Gasteiger charge is 2.26. The van der Waals surface area contributed by atoms with Gasteiger partial charge in [-0.05, 0) is 44.2 Å². The number of benzene rings is 1. The number of morpholine rings is 1. The van der Waals surface area contributed by atoms with E-state index in [0.717, 1.165) is 11.4 Å². The van der Waals surface area contributed by atoms with E-state index in [0.29, 0.717) is 43.5 Å². The Morgan fingerprint density at radius 1 is 1.06 bits per heavy atom. The van der Waals surface area contributed by atoms with Gasteiger partial charge in [-0.1, -0.05) is 0 Å². The van der Waals surface area contributed by atoms with Crippen LogP contribution in [0.1, 0.15) is 21.7 Å². The molecule has 1 aromatic carbocycles. The second-order valence-electron chi connectivity index (χ2n) is 7.10. The Balaban J connectivity index is 1.49. The first-order valence-electron chi connectivity index (χ1n) is 9.69. The predicted octanol–water partition coefficient (Wildman–Crippen LogP) is 1.55. The van der Waals surface area contributed by atoms with E-state index >= 15 is 0 Å². The molecule has 10 nitrogen and oxygen atoms in total. The summed E-state index contributed by atoms with van der Waals surface area (Å²) >= 11 is 0. The van der Waals surface area contributed by atoms with Crippen molar-refractivity contribution in [2.24, 2.45) is 0 Å². The molecule has 0 saturated carbocycles. The molecule has 162 valence electrons. The van der Waals surface area contributed by atoms with Gasteiger partial charge in [-0.15, -0.1) is 0 Å². The zero-order valence-electron chi connectivity index (χ0n) is 17.1. The molecule has 1 saturated heterocycles. The molecule has 4 rings (SSSR count). The fourth-order valence-corrected chi connectivity index (χ4v) is 4.70. The number of hydrogen-bond acceptors (Lipinski definition) is 7. The molecular formula is C20H22N6O4S. The van der Waals surface area contributed by atoms with Crippen molar-refractivity contribution in [2.45, 2.75) is 18.7 Å². The van der Waals surface area contributed by atoms with Crippen molar-refractivity contribution in [3.05, 3.63) is 59.7 Å². The number of carbonyl (C=O) groups excluding carboxylic acids is 1. The molecule has 0 bridgehead atoms. The second kappa shape index (κ2) is 8.53. The monoisotopic (exact) mass is 442 g/mol. The molecule has 11 heteroatoms. The lowest BCUT2D eigenvalue weighted by atomic mass is 10.2. The average molecular weight is 443 g/mol. The number of rotatable bonds is 5. The Hall–Kier alpha value is -3.15. The molecule has 0 aliphatic carbocycles. The summed E-state index contributed by atoms with van der Waals surface area (Å²) in [6.07, 6.45) is 1.35. The molecule has 0 spiro atoms. The number of carbonyl (C=O) groups is 1. The van der Waals surface area contributed by atoms with Crippen molar-refractivity contribution >= 4 is 21.7 Å². The molecule has 3 heterocycles. The quantitative estimate of drug-likeness (QED) is 0.637. The summed E-state index contributed by atoms with van der Waals surface area (Å²) in [6, 6.07) is 9.36. The summed E-state index contributed by atoms with van der Waals surface area (Å²) < 4.78 is 33.7. The van der Waals surface area contributed by atoms with Crippen LogP contribution in [-0.4, -0.2) is 64.7 Å². The third-order valence-corrected chi connectivity index (χ3v) is 6.76. The second-order valence-corrected chi connectivity index (χ2v) is 9.03.